The first-order valence-electron chi connectivity index (χ1n) is 9.20. The third-order valence-corrected chi connectivity index (χ3v) is 6.57. The first-order valence-corrected chi connectivity index (χ1v) is 10.2. The van der Waals surface area contributed by atoms with Crippen LogP contribution in [0.25, 0.3) is 53.9 Å². The maximum absolute atomic E-state index is 2.37. The van der Waals surface area contributed by atoms with Crippen molar-refractivity contribution in [1.29, 1.82) is 0 Å². The van der Waals surface area contributed by atoms with Crippen molar-refractivity contribution >= 4 is 74.8 Å². The van der Waals surface area contributed by atoms with Crippen molar-refractivity contribution in [2.45, 2.75) is 0 Å². The van der Waals surface area contributed by atoms with E-state index in [1.807, 2.05) is 0 Å². The van der Waals surface area contributed by atoms with E-state index in [1.54, 1.807) is 0 Å². The summed E-state index contributed by atoms with van der Waals surface area (Å²) in [5, 5.41) is 13.1. The average Bonchev–Trinajstić information content (AvgIpc) is 2.70. The van der Waals surface area contributed by atoms with Crippen molar-refractivity contribution in [3.8, 4) is 0 Å². The van der Waals surface area contributed by atoms with Crippen LogP contribution in [-0.4, -0.2) is 16.5 Å². The molecule has 0 amide bonds. The zero-order valence-corrected chi connectivity index (χ0v) is 16.8. The normalized spacial score (nSPS) is 11.9. The van der Waals surface area contributed by atoms with Crippen LogP contribution in [-0.2, 0) is 0 Å². The van der Waals surface area contributed by atoms with Gasteiger partial charge in [-0.05, 0) is 0 Å². The number of rotatable bonds is 0. The first-order chi connectivity index (χ1) is 13.3. The molecule has 0 bridgehead atoms. The molecule has 1 heteroatoms. The van der Waals surface area contributed by atoms with E-state index in [0.29, 0.717) is 0 Å². The molecule has 0 aliphatic carbocycles. The van der Waals surface area contributed by atoms with Gasteiger partial charge in [0.15, 0.2) is 0 Å². The first kappa shape index (κ1) is 15.2. The van der Waals surface area contributed by atoms with E-state index in [2.05, 4.69) is 108 Å². The van der Waals surface area contributed by atoms with E-state index in [0.717, 1.165) is 0 Å². The number of benzene rings is 6. The van der Waals surface area contributed by atoms with Gasteiger partial charge in [0.25, 0.3) is 0 Å². The minimum atomic E-state index is 1.30. The van der Waals surface area contributed by atoms with E-state index >= 15 is 0 Å². The third-order valence-electron chi connectivity index (χ3n) is 5.66. The molecule has 0 spiro atoms. The summed E-state index contributed by atoms with van der Waals surface area (Å²) < 4.78 is 1.33. The van der Waals surface area contributed by atoms with Crippen LogP contribution < -0.4 is 4.40 Å². The zero-order chi connectivity index (χ0) is 18.0. The summed E-state index contributed by atoms with van der Waals surface area (Å²) >= 11 is 2.20. The summed E-state index contributed by atoms with van der Waals surface area (Å²) in [6, 6.07) is 33.7. The average molecular weight is 400 g/mol. The van der Waals surface area contributed by atoms with Crippen molar-refractivity contribution in [2.75, 3.05) is 0 Å². The van der Waals surface area contributed by atoms with Crippen LogP contribution in [0, 0.1) is 0 Å². The Hall–Kier alpha value is -2.84. The van der Waals surface area contributed by atoms with Gasteiger partial charge in [0, 0.05) is 0 Å². The molecule has 6 rings (SSSR count). The molecule has 0 fully saturated rings. The Balaban J connectivity index is 1.78. The summed E-state index contributed by atoms with van der Waals surface area (Å²) in [6.45, 7) is 0. The summed E-state index contributed by atoms with van der Waals surface area (Å²) in [4.78, 5) is 0. The van der Waals surface area contributed by atoms with Crippen LogP contribution >= 0.6 is 0 Å². The summed E-state index contributed by atoms with van der Waals surface area (Å²) in [5.74, 6) is 0. The second-order valence-electron chi connectivity index (χ2n) is 7.29. The molecule has 6 aromatic rings. The molecular formula is C26H15Ge. The summed E-state index contributed by atoms with van der Waals surface area (Å²) in [6.07, 6.45) is 0. The van der Waals surface area contributed by atoms with E-state index in [9.17, 15) is 0 Å². The fourth-order valence-corrected chi connectivity index (χ4v) is 4.93. The van der Waals surface area contributed by atoms with Crippen LogP contribution in [0.2, 0.25) is 0 Å². The van der Waals surface area contributed by atoms with Gasteiger partial charge in [-0.1, -0.05) is 0 Å². The van der Waals surface area contributed by atoms with Crippen LogP contribution in [0.4, 0.5) is 0 Å². The molecule has 0 aliphatic rings. The van der Waals surface area contributed by atoms with Crippen molar-refractivity contribution in [3.05, 3.63) is 91.0 Å². The molecule has 0 atom stereocenters. The van der Waals surface area contributed by atoms with Crippen molar-refractivity contribution in [1.82, 2.24) is 0 Å². The molecule has 27 heavy (non-hydrogen) atoms. The molecule has 0 nitrogen and oxygen atoms in total. The molecule has 3 radical (unpaired) electrons. The fraction of sp³-hybridized carbons (Fsp3) is 0. The van der Waals surface area contributed by atoms with Gasteiger partial charge >= 0.3 is 166 Å². The van der Waals surface area contributed by atoms with Crippen molar-refractivity contribution < 1.29 is 0 Å². The number of hydrogen-bond donors (Lipinski definition) is 0. The predicted molar refractivity (Wildman–Crippen MR) is 119 cm³/mol. The van der Waals surface area contributed by atoms with Gasteiger partial charge in [0.2, 0.25) is 0 Å². The van der Waals surface area contributed by atoms with Crippen LogP contribution in [0.3, 0.4) is 0 Å². The van der Waals surface area contributed by atoms with Gasteiger partial charge in [-0.2, -0.15) is 0 Å². The van der Waals surface area contributed by atoms with E-state index in [-0.39, 0.29) is 0 Å². The monoisotopic (exact) mass is 401 g/mol. The quantitative estimate of drug-likeness (QED) is 0.161. The van der Waals surface area contributed by atoms with Gasteiger partial charge < -0.3 is 0 Å². The molecule has 0 aromatic heterocycles. The fourth-order valence-electron chi connectivity index (χ4n) is 4.27. The Bertz CT molecular complexity index is 1530. The molecule has 0 aliphatic heterocycles. The minimum absolute atomic E-state index is 1.30. The Morgan fingerprint density at radius 2 is 0.889 bits per heavy atom. The Morgan fingerprint density at radius 3 is 1.63 bits per heavy atom. The van der Waals surface area contributed by atoms with Crippen LogP contribution in [0.5, 0.6) is 0 Å². The Morgan fingerprint density at radius 1 is 0.370 bits per heavy atom. The number of hydrogen-bond acceptors (Lipinski definition) is 0. The SMILES string of the molecule is [Ge][c]1cccc2cc3ccc4cc5cc6ccccc6cc5cc4c3cc12. The standard InChI is InChI=1S/C26H15Ge/c27-26-7-3-6-18-12-19-8-9-20-13-21-10-16-4-1-2-5-17(16)11-22(21)14-23(20)24(19)15-25(18)26/h1-15H. The van der Waals surface area contributed by atoms with Gasteiger partial charge in [-0.25, -0.2) is 0 Å². The van der Waals surface area contributed by atoms with E-state index in [1.165, 1.54) is 58.3 Å². The molecule has 0 unspecified atom stereocenters. The Kier molecular flexibility index (Phi) is 3.15. The zero-order valence-electron chi connectivity index (χ0n) is 14.7. The molecule has 0 saturated carbocycles. The van der Waals surface area contributed by atoms with Crippen LogP contribution in [0.15, 0.2) is 91.0 Å². The summed E-state index contributed by atoms with van der Waals surface area (Å²) in [7, 11) is 0. The molecule has 0 heterocycles. The topological polar surface area (TPSA) is 0 Å². The van der Waals surface area contributed by atoms with Gasteiger partial charge in [-0.3, -0.25) is 0 Å². The van der Waals surface area contributed by atoms with E-state index < -0.39 is 0 Å². The molecule has 6 aromatic carbocycles. The van der Waals surface area contributed by atoms with Crippen molar-refractivity contribution in [3.63, 3.8) is 0 Å². The predicted octanol–water partition coefficient (Wildman–Crippen LogP) is 6.25. The molecule has 0 N–H and O–H groups in total. The van der Waals surface area contributed by atoms with Gasteiger partial charge in [0.1, 0.15) is 0 Å². The maximum atomic E-state index is 2.37. The van der Waals surface area contributed by atoms with Gasteiger partial charge in [-0.15, -0.1) is 0 Å². The second-order valence-corrected chi connectivity index (χ2v) is 8.42. The van der Waals surface area contributed by atoms with Gasteiger partial charge in [0.05, 0.1) is 0 Å². The molecule has 123 valence electrons. The third kappa shape index (κ3) is 2.30. The van der Waals surface area contributed by atoms with Crippen LogP contribution in [0.1, 0.15) is 0 Å². The second kappa shape index (κ2) is 5.58. The van der Waals surface area contributed by atoms with Crippen molar-refractivity contribution in [2.24, 2.45) is 0 Å². The van der Waals surface area contributed by atoms with E-state index in [4.69, 9.17) is 0 Å². The summed E-state index contributed by atoms with van der Waals surface area (Å²) in [5.41, 5.74) is 0. The Labute approximate surface area is 165 Å². The molecule has 0 saturated heterocycles. The number of fused-ring (bicyclic) bond motifs is 6. The molecular weight excluding hydrogens is 385 g/mol.